The largest absolute Gasteiger partial charge is 0.480 e. The van der Waals surface area contributed by atoms with Gasteiger partial charge in [0.05, 0.1) is 0 Å². The lowest BCUT2D eigenvalue weighted by Crippen LogP contribution is -2.31. The number of amides is 1. The van der Waals surface area contributed by atoms with Gasteiger partial charge in [0, 0.05) is 23.2 Å². The van der Waals surface area contributed by atoms with Crippen LogP contribution in [0.25, 0.3) is 0 Å². The molecule has 0 bridgehead atoms. The smallest absolute Gasteiger partial charge is 0.265 e. The highest BCUT2D eigenvalue weighted by molar-refractivity contribution is 6.30. The molecule has 4 rings (SSSR count). The summed E-state index contributed by atoms with van der Waals surface area (Å²) in [7, 11) is 0. The van der Waals surface area contributed by atoms with Crippen LogP contribution in [0.1, 0.15) is 5.56 Å². The lowest BCUT2D eigenvalue weighted by atomic mass is 10.1. The Morgan fingerprint density at radius 3 is 2.82 bits per heavy atom. The monoisotopic (exact) mass is 317 g/mol. The molecule has 22 heavy (non-hydrogen) atoms. The standard InChI is InChI=1S/C16H12ClNO4/c17-10-1-3-12-9(5-10)6-15(22-12)16(19)18-11-2-4-13-14(7-11)21-8-20-13/h1-5,7,15H,6,8H2,(H,18,19)/t15-/m0/s1. The molecule has 1 amide bonds. The molecule has 1 atom stereocenters. The minimum absolute atomic E-state index is 0.203. The second-order valence-corrected chi connectivity index (χ2v) is 5.56. The van der Waals surface area contributed by atoms with Crippen molar-refractivity contribution in [2.45, 2.75) is 12.5 Å². The second kappa shape index (κ2) is 5.10. The van der Waals surface area contributed by atoms with Crippen LogP contribution < -0.4 is 19.5 Å². The normalized spacial score (nSPS) is 17.8. The number of fused-ring (bicyclic) bond motifs is 2. The van der Waals surface area contributed by atoms with Crippen molar-refractivity contribution >= 4 is 23.2 Å². The van der Waals surface area contributed by atoms with E-state index in [4.69, 9.17) is 25.8 Å². The van der Waals surface area contributed by atoms with Crippen molar-refractivity contribution in [1.29, 1.82) is 0 Å². The Kier molecular flexibility index (Phi) is 3.08. The number of nitrogens with one attached hydrogen (secondary N) is 1. The third-order valence-corrected chi connectivity index (χ3v) is 3.86. The average Bonchev–Trinajstić information content (AvgIpc) is 3.12. The summed E-state index contributed by atoms with van der Waals surface area (Å²) in [5, 5.41) is 3.47. The van der Waals surface area contributed by atoms with Crippen molar-refractivity contribution in [3.63, 3.8) is 0 Å². The molecule has 112 valence electrons. The zero-order valence-corrected chi connectivity index (χ0v) is 12.2. The lowest BCUT2D eigenvalue weighted by Gasteiger charge is -2.11. The first kappa shape index (κ1) is 13.3. The van der Waals surface area contributed by atoms with E-state index >= 15 is 0 Å². The molecule has 5 nitrogen and oxygen atoms in total. The molecule has 6 heteroatoms. The predicted octanol–water partition coefficient (Wildman–Crippen LogP) is 3.01. The fourth-order valence-electron chi connectivity index (χ4n) is 2.56. The maximum absolute atomic E-state index is 12.3. The molecular formula is C16H12ClNO4. The van der Waals surface area contributed by atoms with E-state index in [-0.39, 0.29) is 12.7 Å². The Hall–Kier alpha value is -2.40. The molecule has 0 radical (unpaired) electrons. The van der Waals surface area contributed by atoms with Gasteiger partial charge in [0.25, 0.3) is 5.91 Å². The van der Waals surface area contributed by atoms with Gasteiger partial charge in [-0.2, -0.15) is 0 Å². The van der Waals surface area contributed by atoms with Crippen molar-refractivity contribution in [3.8, 4) is 17.2 Å². The molecule has 2 aliphatic rings. The molecule has 2 aliphatic heterocycles. The van der Waals surface area contributed by atoms with Crippen LogP contribution >= 0.6 is 11.6 Å². The summed E-state index contributed by atoms with van der Waals surface area (Å²) in [6.45, 7) is 0.203. The van der Waals surface area contributed by atoms with Gasteiger partial charge in [-0.15, -0.1) is 0 Å². The molecule has 2 aromatic carbocycles. The lowest BCUT2D eigenvalue weighted by molar-refractivity contribution is -0.122. The molecule has 2 aromatic rings. The van der Waals surface area contributed by atoms with Gasteiger partial charge in [-0.3, -0.25) is 4.79 Å². The van der Waals surface area contributed by atoms with Crippen molar-refractivity contribution in [3.05, 3.63) is 47.0 Å². The fourth-order valence-corrected chi connectivity index (χ4v) is 2.76. The van der Waals surface area contributed by atoms with Gasteiger partial charge in [0.2, 0.25) is 6.79 Å². The van der Waals surface area contributed by atoms with Crippen LogP contribution in [0.15, 0.2) is 36.4 Å². The Morgan fingerprint density at radius 1 is 1.09 bits per heavy atom. The van der Waals surface area contributed by atoms with Crippen LogP contribution in [0.4, 0.5) is 5.69 Å². The van der Waals surface area contributed by atoms with E-state index in [0.717, 1.165) is 5.56 Å². The fraction of sp³-hybridized carbons (Fsp3) is 0.188. The van der Waals surface area contributed by atoms with Crippen LogP contribution in [0, 0.1) is 0 Å². The van der Waals surface area contributed by atoms with Crippen molar-refractivity contribution < 1.29 is 19.0 Å². The number of benzene rings is 2. The van der Waals surface area contributed by atoms with Crippen molar-refractivity contribution in [2.75, 3.05) is 12.1 Å². The van der Waals surface area contributed by atoms with Crippen LogP contribution in [0.3, 0.4) is 0 Å². The number of hydrogen-bond acceptors (Lipinski definition) is 4. The number of carbonyl (C=O) groups is 1. The SMILES string of the molecule is O=C(Nc1ccc2c(c1)OCO2)[C@@H]1Cc2cc(Cl)ccc2O1. The van der Waals surface area contributed by atoms with Gasteiger partial charge in [-0.05, 0) is 35.9 Å². The minimum Gasteiger partial charge on any atom is -0.480 e. The highest BCUT2D eigenvalue weighted by Crippen LogP contribution is 2.35. The first-order valence-electron chi connectivity index (χ1n) is 6.85. The van der Waals surface area contributed by atoms with Crippen molar-refractivity contribution in [2.24, 2.45) is 0 Å². The van der Waals surface area contributed by atoms with E-state index in [1.54, 1.807) is 30.3 Å². The Morgan fingerprint density at radius 2 is 1.91 bits per heavy atom. The van der Waals surface area contributed by atoms with E-state index < -0.39 is 6.10 Å². The third-order valence-electron chi connectivity index (χ3n) is 3.63. The van der Waals surface area contributed by atoms with Gasteiger partial charge in [0.1, 0.15) is 5.75 Å². The van der Waals surface area contributed by atoms with E-state index in [2.05, 4.69) is 5.32 Å². The van der Waals surface area contributed by atoms with Crippen molar-refractivity contribution in [1.82, 2.24) is 0 Å². The Balaban J connectivity index is 1.47. The first-order chi connectivity index (χ1) is 10.7. The molecule has 0 saturated heterocycles. The molecule has 0 spiro atoms. The van der Waals surface area contributed by atoms with Gasteiger partial charge >= 0.3 is 0 Å². The highest BCUT2D eigenvalue weighted by atomic mass is 35.5. The van der Waals surface area contributed by atoms with Crippen LogP contribution in [0.2, 0.25) is 5.02 Å². The zero-order chi connectivity index (χ0) is 15.1. The third kappa shape index (κ3) is 2.33. The molecule has 2 heterocycles. The Bertz CT molecular complexity index is 762. The maximum Gasteiger partial charge on any atom is 0.265 e. The van der Waals surface area contributed by atoms with Crippen LogP contribution in [-0.2, 0) is 11.2 Å². The number of anilines is 1. The molecule has 1 N–H and O–H groups in total. The number of rotatable bonds is 2. The van der Waals surface area contributed by atoms with E-state index in [1.165, 1.54) is 0 Å². The highest BCUT2D eigenvalue weighted by Gasteiger charge is 2.29. The van der Waals surface area contributed by atoms with E-state index in [0.29, 0.717) is 34.4 Å². The summed E-state index contributed by atoms with van der Waals surface area (Å²) in [6, 6.07) is 10.6. The molecule has 0 fully saturated rings. The summed E-state index contributed by atoms with van der Waals surface area (Å²) in [6.07, 6.45) is -0.0504. The molecule has 0 aromatic heterocycles. The molecule has 0 aliphatic carbocycles. The summed E-state index contributed by atoms with van der Waals surface area (Å²) in [4.78, 5) is 12.3. The van der Waals surface area contributed by atoms with E-state index in [1.807, 2.05) is 6.07 Å². The number of hydrogen-bond donors (Lipinski definition) is 1. The topological polar surface area (TPSA) is 56.8 Å². The zero-order valence-electron chi connectivity index (χ0n) is 11.5. The van der Waals surface area contributed by atoms with Gasteiger partial charge in [-0.1, -0.05) is 11.6 Å². The van der Waals surface area contributed by atoms with Gasteiger partial charge in [-0.25, -0.2) is 0 Å². The summed E-state index contributed by atoms with van der Waals surface area (Å²) >= 11 is 5.95. The van der Waals surface area contributed by atoms with Gasteiger partial charge < -0.3 is 19.5 Å². The number of ether oxygens (including phenoxy) is 3. The predicted molar refractivity (Wildman–Crippen MR) is 80.8 cm³/mol. The Labute approximate surface area is 131 Å². The summed E-state index contributed by atoms with van der Waals surface area (Å²) in [5.74, 6) is 1.80. The van der Waals surface area contributed by atoms with E-state index in [9.17, 15) is 4.79 Å². The maximum atomic E-state index is 12.3. The quantitative estimate of drug-likeness (QED) is 0.925. The second-order valence-electron chi connectivity index (χ2n) is 5.12. The van der Waals surface area contributed by atoms with Crippen LogP contribution in [-0.4, -0.2) is 18.8 Å². The average molecular weight is 318 g/mol. The van der Waals surface area contributed by atoms with Crippen LogP contribution in [0.5, 0.6) is 17.2 Å². The molecular weight excluding hydrogens is 306 g/mol. The summed E-state index contributed by atoms with van der Waals surface area (Å²) < 4.78 is 16.2. The number of carbonyl (C=O) groups excluding carboxylic acids is 1. The molecule has 0 unspecified atom stereocenters. The first-order valence-corrected chi connectivity index (χ1v) is 7.22. The molecule has 0 saturated carbocycles. The summed E-state index contributed by atoms with van der Waals surface area (Å²) in [5.41, 5.74) is 1.59. The number of halogens is 1. The minimum atomic E-state index is -0.557. The van der Waals surface area contributed by atoms with Gasteiger partial charge in [0.15, 0.2) is 17.6 Å².